The first-order valence-electron chi connectivity index (χ1n) is 8.74. The predicted molar refractivity (Wildman–Crippen MR) is 89.9 cm³/mol. The Balaban J connectivity index is 1.45. The van der Waals surface area contributed by atoms with E-state index in [0.717, 1.165) is 55.2 Å². The first-order chi connectivity index (χ1) is 12.2. The number of rotatable bonds is 3. The van der Waals surface area contributed by atoms with Crippen molar-refractivity contribution in [2.45, 2.75) is 32.4 Å². The first kappa shape index (κ1) is 16.1. The first-order valence-corrected chi connectivity index (χ1v) is 8.74. The molecule has 4 rings (SSSR count). The van der Waals surface area contributed by atoms with Crippen LogP contribution in [0.15, 0.2) is 28.9 Å². The molecule has 1 fully saturated rings. The third-order valence-corrected chi connectivity index (χ3v) is 4.97. The van der Waals surface area contributed by atoms with Crippen LogP contribution in [-0.2, 0) is 11.3 Å². The smallest absolute Gasteiger partial charge is 0.237 e. The minimum Gasteiger partial charge on any atom is -0.492 e. The van der Waals surface area contributed by atoms with E-state index in [4.69, 9.17) is 9.37 Å². The molecule has 2 aromatic rings. The van der Waals surface area contributed by atoms with Crippen LogP contribution < -0.4 is 4.74 Å². The van der Waals surface area contributed by atoms with Crippen molar-refractivity contribution in [2.75, 3.05) is 26.2 Å². The van der Waals surface area contributed by atoms with Crippen LogP contribution in [0.25, 0.3) is 0 Å². The molecule has 0 bridgehead atoms. The van der Waals surface area contributed by atoms with Gasteiger partial charge < -0.3 is 9.64 Å². The Morgan fingerprint density at radius 1 is 1.28 bits per heavy atom. The van der Waals surface area contributed by atoms with E-state index in [1.54, 1.807) is 0 Å². The van der Waals surface area contributed by atoms with Crippen molar-refractivity contribution < 1.29 is 14.2 Å². The van der Waals surface area contributed by atoms with Gasteiger partial charge in [0.25, 0.3) is 0 Å². The van der Waals surface area contributed by atoms with Crippen molar-refractivity contribution in [3.05, 3.63) is 41.2 Å². The molecule has 7 nitrogen and oxygen atoms in total. The topological polar surface area (TPSA) is 71.7 Å². The Morgan fingerprint density at radius 3 is 3.00 bits per heavy atom. The van der Waals surface area contributed by atoms with Crippen molar-refractivity contribution >= 4 is 5.91 Å². The monoisotopic (exact) mass is 342 g/mol. The summed E-state index contributed by atoms with van der Waals surface area (Å²) in [6.07, 6.45) is 1.89. The van der Waals surface area contributed by atoms with Crippen LogP contribution in [0.3, 0.4) is 0 Å². The molecule has 25 heavy (non-hydrogen) atoms. The molecule has 0 unspecified atom stereocenters. The van der Waals surface area contributed by atoms with Gasteiger partial charge in [0.15, 0.2) is 0 Å². The van der Waals surface area contributed by atoms with Gasteiger partial charge in [0.1, 0.15) is 23.7 Å². The fourth-order valence-electron chi connectivity index (χ4n) is 3.69. The van der Waals surface area contributed by atoms with Gasteiger partial charge in [0.05, 0.1) is 12.6 Å². The quantitative estimate of drug-likeness (QED) is 0.849. The van der Waals surface area contributed by atoms with E-state index in [1.807, 2.05) is 30.0 Å². The summed E-state index contributed by atoms with van der Waals surface area (Å²) in [5, 5.41) is 7.87. The number of aryl methyl sites for hydroxylation is 1. The summed E-state index contributed by atoms with van der Waals surface area (Å²) >= 11 is 0. The van der Waals surface area contributed by atoms with Crippen LogP contribution in [0, 0.1) is 6.92 Å². The zero-order valence-corrected chi connectivity index (χ0v) is 14.4. The number of ether oxygens (including phenoxy) is 1. The summed E-state index contributed by atoms with van der Waals surface area (Å²) in [6.45, 7) is 5.08. The van der Waals surface area contributed by atoms with Gasteiger partial charge in [-0.2, -0.15) is 0 Å². The Kier molecular flexibility index (Phi) is 4.40. The lowest BCUT2D eigenvalue weighted by Gasteiger charge is -2.27. The number of fused-ring (bicyclic) bond motifs is 1. The third-order valence-electron chi connectivity index (χ3n) is 4.97. The Labute approximate surface area is 146 Å². The third kappa shape index (κ3) is 3.24. The highest BCUT2D eigenvalue weighted by Gasteiger charge is 2.34. The fraction of sp³-hybridized carbons (Fsp3) is 0.500. The maximum atomic E-state index is 12.9. The van der Waals surface area contributed by atoms with Gasteiger partial charge in [-0.1, -0.05) is 28.5 Å². The largest absolute Gasteiger partial charge is 0.492 e. The van der Waals surface area contributed by atoms with E-state index in [-0.39, 0.29) is 11.9 Å². The van der Waals surface area contributed by atoms with Crippen LogP contribution in [0.1, 0.15) is 35.8 Å². The summed E-state index contributed by atoms with van der Waals surface area (Å²) < 4.78 is 10.6. The van der Waals surface area contributed by atoms with E-state index in [2.05, 4.69) is 21.3 Å². The Bertz CT molecular complexity index is 760. The van der Waals surface area contributed by atoms with Gasteiger partial charge in [-0.15, -0.1) is 0 Å². The molecule has 1 saturated heterocycles. The van der Waals surface area contributed by atoms with E-state index in [9.17, 15) is 4.79 Å². The second kappa shape index (κ2) is 6.84. The van der Waals surface area contributed by atoms with Gasteiger partial charge in [-0.3, -0.25) is 9.69 Å². The van der Waals surface area contributed by atoms with Gasteiger partial charge in [-0.25, -0.2) is 4.63 Å². The molecule has 1 aromatic carbocycles. The molecule has 0 N–H and O–H groups in total. The number of hydrogen-bond donors (Lipinski definition) is 0. The number of aromatic nitrogens is 2. The number of amides is 1. The molecule has 2 aliphatic rings. The average Bonchev–Trinajstić information content (AvgIpc) is 3.19. The van der Waals surface area contributed by atoms with Crippen molar-refractivity contribution in [2.24, 2.45) is 0 Å². The molecule has 1 aromatic heterocycles. The van der Waals surface area contributed by atoms with Crippen LogP contribution in [0.5, 0.6) is 5.75 Å². The number of likely N-dealkylation sites (tertiary alicyclic amines) is 1. The van der Waals surface area contributed by atoms with Crippen LogP contribution in [0.2, 0.25) is 0 Å². The second-order valence-electron chi connectivity index (χ2n) is 6.65. The van der Waals surface area contributed by atoms with Crippen molar-refractivity contribution in [3.8, 4) is 5.75 Å². The summed E-state index contributed by atoms with van der Waals surface area (Å²) in [7, 11) is 0. The standard InChI is InChI=1S/C18H22N4O3/c1-13-18(20-25-19-13)15-6-4-8-22(15)17(23)12-21-9-10-24-16-7-3-2-5-14(16)11-21/h2-3,5,7,15H,4,6,8-12H2,1H3/t15-/m0/s1. The zero-order valence-electron chi connectivity index (χ0n) is 14.4. The lowest BCUT2D eigenvalue weighted by Crippen LogP contribution is -2.40. The second-order valence-corrected chi connectivity index (χ2v) is 6.65. The molecule has 0 radical (unpaired) electrons. The van der Waals surface area contributed by atoms with E-state index in [1.165, 1.54) is 0 Å². The maximum Gasteiger partial charge on any atom is 0.237 e. The summed E-state index contributed by atoms with van der Waals surface area (Å²) in [6, 6.07) is 8.00. The minimum atomic E-state index is -0.0192. The van der Waals surface area contributed by atoms with Crippen molar-refractivity contribution in [1.29, 1.82) is 0 Å². The van der Waals surface area contributed by atoms with Crippen LogP contribution in [-0.4, -0.2) is 52.3 Å². The highest BCUT2D eigenvalue weighted by Crippen LogP contribution is 2.32. The van der Waals surface area contributed by atoms with Gasteiger partial charge in [0, 0.05) is 25.2 Å². The number of carbonyl (C=O) groups is 1. The fourth-order valence-corrected chi connectivity index (χ4v) is 3.69. The molecular formula is C18H22N4O3. The molecule has 2 aliphatic heterocycles. The van der Waals surface area contributed by atoms with Crippen molar-refractivity contribution in [3.63, 3.8) is 0 Å². The number of carbonyl (C=O) groups excluding carboxylic acids is 1. The molecular weight excluding hydrogens is 320 g/mol. The SMILES string of the molecule is Cc1nonc1[C@@H]1CCCN1C(=O)CN1CCOc2ccccc2C1. The zero-order chi connectivity index (χ0) is 17.2. The number of benzene rings is 1. The molecule has 0 spiro atoms. The molecule has 1 amide bonds. The Morgan fingerprint density at radius 2 is 2.16 bits per heavy atom. The lowest BCUT2D eigenvalue weighted by molar-refractivity contribution is -0.133. The Hall–Kier alpha value is -2.41. The van der Waals surface area contributed by atoms with Crippen LogP contribution >= 0.6 is 0 Å². The number of nitrogens with zero attached hydrogens (tertiary/aromatic N) is 4. The highest BCUT2D eigenvalue weighted by molar-refractivity contribution is 5.79. The molecule has 0 saturated carbocycles. The molecule has 132 valence electrons. The minimum absolute atomic E-state index is 0.0192. The number of hydrogen-bond acceptors (Lipinski definition) is 6. The van der Waals surface area contributed by atoms with Gasteiger partial charge in [-0.05, 0) is 25.8 Å². The lowest BCUT2D eigenvalue weighted by atomic mass is 10.1. The highest BCUT2D eigenvalue weighted by atomic mass is 16.6. The molecule has 7 heteroatoms. The summed E-state index contributed by atoms with van der Waals surface area (Å²) in [4.78, 5) is 17.0. The number of para-hydroxylation sites is 1. The van der Waals surface area contributed by atoms with Gasteiger partial charge >= 0.3 is 0 Å². The molecule has 3 heterocycles. The van der Waals surface area contributed by atoms with E-state index >= 15 is 0 Å². The van der Waals surface area contributed by atoms with Gasteiger partial charge in [0.2, 0.25) is 5.91 Å². The van der Waals surface area contributed by atoms with E-state index < -0.39 is 0 Å². The van der Waals surface area contributed by atoms with E-state index in [0.29, 0.717) is 13.2 Å². The summed E-state index contributed by atoms with van der Waals surface area (Å²) in [5.41, 5.74) is 2.68. The maximum absolute atomic E-state index is 12.9. The average molecular weight is 342 g/mol. The van der Waals surface area contributed by atoms with Crippen molar-refractivity contribution in [1.82, 2.24) is 20.1 Å². The molecule has 1 atom stereocenters. The molecule has 0 aliphatic carbocycles. The normalized spacial score (nSPS) is 20.8. The van der Waals surface area contributed by atoms with Crippen LogP contribution in [0.4, 0.5) is 0 Å². The summed E-state index contributed by atoms with van der Waals surface area (Å²) in [5.74, 6) is 1.05. The predicted octanol–water partition coefficient (Wildman–Crippen LogP) is 1.94.